The van der Waals surface area contributed by atoms with Crippen molar-refractivity contribution in [2.24, 2.45) is 0 Å². The maximum absolute atomic E-state index is 12.8. The lowest BCUT2D eigenvalue weighted by Gasteiger charge is -2.19. The molecular formula is C32H35N3O5. The summed E-state index contributed by atoms with van der Waals surface area (Å²) in [6.45, 7) is 2.03. The van der Waals surface area contributed by atoms with Crippen molar-refractivity contribution in [1.29, 1.82) is 0 Å². The molecule has 0 radical (unpaired) electrons. The van der Waals surface area contributed by atoms with Crippen LogP contribution < -0.4 is 14.8 Å². The average molecular weight is 542 g/mol. The number of hydrogen-bond acceptors (Lipinski definition) is 7. The van der Waals surface area contributed by atoms with E-state index in [4.69, 9.17) is 9.47 Å². The summed E-state index contributed by atoms with van der Waals surface area (Å²) < 4.78 is 11.8. The van der Waals surface area contributed by atoms with Gasteiger partial charge in [0.2, 0.25) is 0 Å². The molecule has 8 heteroatoms. The summed E-state index contributed by atoms with van der Waals surface area (Å²) in [5.74, 6) is 2.10. The minimum absolute atomic E-state index is 0.0498. The van der Waals surface area contributed by atoms with Gasteiger partial charge in [-0.25, -0.2) is 0 Å². The Morgan fingerprint density at radius 1 is 0.975 bits per heavy atom. The van der Waals surface area contributed by atoms with Gasteiger partial charge in [-0.3, -0.25) is 9.78 Å². The highest BCUT2D eigenvalue weighted by Crippen LogP contribution is 2.30. The zero-order chi connectivity index (χ0) is 27.7. The van der Waals surface area contributed by atoms with E-state index in [0.29, 0.717) is 41.3 Å². The van der Waals surface area contributed by atoms with E-state index in [-0.39, 0.29) is 25.2 Å². The summed E-state index contributed by atoms with van der Waals surface area (Å²) >= 11 is 0. The smallest absolute Gasteiger partial charge is 0.253 e. The first-order valence-corrected chi connectivity index (χ1v) is 13.7. The fourth-order valence-electron chi connectivity index (χ4n) is 4.82. The molecule has 2 atom stereocenters. The van der Waals surface area contributed by atoms with Crippen LogP contribution in [0.5, 0.6) is 17.2 Å². The Labute approximate surface area is 234 Å². The van der Waals surface area contributed by atoms with Crippen LogP contribution in [0.4, 0.5) is 0 Å². The molecule has 40 heavy (non-hydrogen) atoms. The lowest BCUT2D eigenvalue weighted by molar-refractivity contribution is 0.0793. The second kappa shape index (κ2) is 13.4. The lowest BCUT2D eigenvalue weighted by Crippen LogP contribution is -2.41. The van der Waals surface area contributed by atoms with Gasteiger partial charge in [0.1, 0.15) is 30.0 Å². The Morgan fingerprint density at radius 3 is 2.50 bits per heavy atom. The molecule has 4 aromatic rings. The van der Waals surface area contributed by atoms with Crippen LogP contribution in [-0.2, 0) is 6.42 Å². The summed E-state index contributed by atoms with van der Waals surface area (Å²) in [5, 5.41) is 24.1. The number of aliphatic hydroxyl groups is 2. The van der Waals surface area contributed by atoms with Crippen LogP contribution in [0, 0.1) is 0 Å². The molecule has 3 aromatic carbocycles. The fourth-order valence-corrected chi connectivity index (χ4v) is 4.82. The predicted octanol–water partition coefficient (Wildman–Crippen LogP) is 4.20. The highest BCUT2D eigenvalue weighted by molar-refractivity contribution is 5.99. The Morgan fingerprint density at radius 2 is 1.75 bits per heavy atom. The van der Waals surface area contributed by atoms with Gasteiger partial charge in [0.05, 0.1) is 12.1 Å². The number of aromatic nitrogens is 1. The van der Waals surface area contributed by atoms with E-state index < -0.39 is 6.10 Å². The third-order valence-electron chi connectivity index (χ3n) is 7.02. The average Bonchev–Trinajstić information content (AvgIpc) is 3.54. The van der Waals surface area contributed by atoms with Gasteiger partial charge in [-0.2, -0.15) is 0 Å². The van der Waals surface area contributed by atoms with Gasteiger partial charge in [0, 0.05) is 42.8 Å². The maximum Gasteiger partial charge on any atom is 0.253 e. The van der Waals surface area contributed by atoms with E-state index >= 15 is 0 Å². The Bertz CT molecular complexity index is 1390. The zero-order valence-electron chi connectivity index (χ0n) is 22.4. The number of rotatable bonds is 12. The molecule has 8 nitrogen and oxygen atoms in total. The minimum Gasteiger partial charge on any atom is -0.491 e. The molecular weight excluding hydrogens is 506 g/mol. The number of nitrogens with zero attached hydrogens (tertiary/aromatic N) is 2. The standard InChI is InChI=1S/C32H35N3O5/c36-21-25(34-20-26(37)22-39-27-6-2-1-3-7-27)18-23-8-11-28(12-9-23)40-31-14-15-33-30-19-24(10-13-29(30)31)32(38)35-16-4-5-17-35/h1-3,6-15,19,25-26,34,36-37H,4-5,16-18,20-22H2/t25?,26-/m0/s1. The van der Waals surface area contributed by atoms with Gasteiger partial charge < -0.3 is 29.9 Å². The highest BCUT2D eigenvalue weighted by atomic mass is 16.5. The first-order chi connectivity index (χ1) is 19.6. The van der Waals surface area contributed by atoms with Crippen LogP contribution in [0.25, 0.3) is 10.9 Å². The lowest BCUT2D eigenvalue weighted by atomic mass is 10.1. The van der Waals surface area contributed by atoms with E-state index in [1.807, 2.05) is 83.8 Å². The monoisotopic (exact) mass is 541 g/mol. The van der Waals surface area contributed by atoms with Crippen molar-refractivity contribution in [3.8, 4) is 17.2 Å². The van der Waals surface area contributed by atoms with Crippen molar-refractivity contribution < 1.29 is 24.5 Å². The first-order valence-electron chi connectivity index (χ1n) is 13.7. The molecule has 5 rings (SSSR count). The Balaban J connectivity index is 1.15. The topological polar surface area (TPSA) is 104 Å². The number of hydrogen-bond donors (Lipinski definition) is 3. The number of carbonyl (C=O) groups excluding carboxylic acids is 1. The molecule has 208 valence electrons. The Kier molecular flexibility index (Phi) is 9.23. The van der Waals surface area contributed by atoms with Gasteiger partial charge in [0.25, 0.3) is 5.91 Å². The summed E-state index contributed by atoms with van der Waals surface area (Å²) in [6, 6.07) is 24.2. The van der Waals surface area contributed by atoms with Crippen LogP contribution >= 0.6 is 0 Å². The SMILES string of the molecule is O=C(c1ccc2c(Oc3ccc(CC(CO)NC[C@H](O)COc4ccccc4)cc3)ccnc2c1)N1CCCC1. The number of para-hydroxylation sites is 1. The number of benzene rings is 3. The van der Waals surface area contributed by atoms with Gasteiger partial charge in [-0.05, 0) is 73.4 Å². The summed E-state index contributed by atoms with van der Waals surface area (Å²) in [7, 11) is 0. The van der Waals surface area contributed by atoms with Crippen molar-refractivity contribution in [3.63, 3.8) is 0 Å². The number of carbonyl (C=O) groups is 1. The van der Waals surface area contributed by atoms with Crippen molar-refractivity contribution in [2.75, 3.05) is 32.8 Å². The van der Waals surface area contributed by atoms with E-state index in [1.165, 1.54) is 0 Å². The normalized spacial score (nSPS) is 14.7. The number of nitrogens with one attached hydrogen (secondary N) is 1. The first kappa shape index (κ1) is 27.6. The third kappa shape index (κ3) is 7.15. The minimum atomic E-state index is -0.699. The Hall–Kier alpha value is -3.98. The summed E-state index contributed by atoms with van der Waals surface area (Å²) in [4.78, 5) is 19.1. The van der Waals surface area contributed by atoms with E-state index in [0.717, 1.165) is 36.9 Å². The number of fused-ring (bicyclic) bond motifs is 1. The van der Waals surface area contributed by atoms with E-state index in [9.17, 15) is 15.0 Å². The van der Waals surface area contributed by atoms with Crippen LogP contribution in [0.15, 0.2) is 85.1 Å². The quantitative estimate of drug-likeness (QED) is 0.247. The van der Waals surface area contributed by atoms with E-state index in [2.05, 4.69) is 10.3 Å². The largest absolute Gasteiger partial charge is 0.491 e. The maximum atomic E-state index is 12.8. The molecule has 0 spiro atoms. The second-order valence-electron chi connectivity index (χ2n) is 10.1. The molecule has 1 aromatic heterocycles. The number of ether oxygens (including phenoxy) is 2. The fraction of sp³-hybridized carbons (Fsp3) is 0.312. The molecule has 1 fully saturated rings. The van der Waals surface area contributed by atoms with Gasteiger partial charge in [0.15, 0.2) is 0 Å². The molecule has 0 bridgehead atoms. The van der Waals surface area contributed by atoms with Crippen LogP contribution in [0.3, 0.4) is 0 Å². The molecule has 1 aliphatic heterocycles. The number of aliphatic hydroxyl groups excluding tert-OH is 2. The number of likely N-dealkylation sites (tertiary alicyclic amines) is 1. The van der Waals surface area contributed by atoms with Gasteiger partial charge in [-0.1, -0.05) is 30.3 Å². The molecule has 1 aliphatic rings. The summed E-state index contributed by atoms with van der Waals surface area (Å²) in [5.41, 5.74) is 2.39. The third-order valence-corrected chi connectivity index (χ3v) is 7.02. The predicted molar refractivity (Wildman–Crippen MR) is 154 cm³/mol. The van der Waals surface area contributed by atoms with Crippen LogP contribution in [-0.4, -0.2) is 71.0 Å². The van der Waals surface area contributed by atoms with Gasteiger partial charge >= 0.3 is 0 Å². The van der Waals surface area contributed by atoms with Gasteiger partial charge in [-0.15, -0.1) is 0 Å². The number of amides is 1. The van der Waals surface area contributed by atoms with E-state index in [1.54, 1.807) is 6.20 Å². The molecule has 1 amide bonds. The second-order valence-corrected chi connectivity index (χ2v) is 10.1. The van der Waals surface area contributed by atoms with Crippen molar-refractivity contribution in [3.05, 3.63) is 96.2 Å². The van der Waals surface area contributed by atoms with Crippen molar-refractivity contribution in [1.82, 2.24) is 15.2 Å². The highest BCUT2D eigenvalue weighted by Gasteiger charge is 2.20. The molecule has 0 aliphatic carbocycles. The van der Waals surface area contributed by atoms with Crippen molar-refractivity contribution >= 4 is 16.8 Å². The van der Waals surface area contributed by atoms with Crippen LogP contribution in [0.1, 0.15) is 28.8 Å². The molecule has 0 saturated carbocycles. The molecule has 2 heterocycles. The molecule has 1 unspecified atom stereocenters. The molecule has 3 N–H and O–H groups in total. The summed E-state index contributed by atoms with van der Waals surface area (Å²) in [6.07, 6.45) is 3.69. The van der Waals surface area contributed by atoms with Crippen molar-refractivity contribution in [2.45, 2.75) is 31.4 Å². The zero-order valence-corrected chi connectivity index (χ0v) is 22.4. The number of pyridine rings is 1. The van der Waals surface area contributed by atoms with Crippen LogP contribution in [0.2, 0.25) is 0 Å². The molecule has 1 saturated heterocycles.